The molecule has 0 fully saturated rings. The molecule has 0 bridgehead atoms. The summed E-state index contributed by atoms with van der Waals surface area (Å²) >= 11 is 0. The Hall–Kier alpha value is -1.99. The van der Waals surface area contributed by atoms with Crippen molar-refractivity contribution in [1.82, 2.24) is 0 Å². The summed E-state index contributed by atoms with van der Waals surface area (Å²) in [6, 6.07) is 13.2. The Kier molecular flexibility index (Phi) is 11.5. The summed E-state index contributed by atoms with van der Waals surface area (Å²) in [6.07, 6.45) is 11.2. The molecule has 0 spiro atoms. The Morgan fingerprint density at radius 3 is 1.55 bits per heavy atom. The molecule has 2 nitrogen and oxygen atoms in total. The second-order valence-electron chi connectivity index (χ2n) is 7.04. The van der Waals surface area contributed by atoms with Gasteiger partial charge in [-0.3, -0.25) is 4.99 Å². The van der Waals surface area contributed by atoms with Crippen molar-refractivity contribution in [1.29, 1.82) is 0 Å². The van der Waals surface area contributed by atoms with Gasteiger partial charge in [-0.15, -0.1) is 0 Å². The van der Waals surface area contributed by atoms with Gasteiger partial charge in [-0.2, -0.15) is 0 Å². The van der Waals surface area contributed by atoms with Crippen molar-refractivity contribution in [2.24, 2.45) is 9.98 Å². The molecule has 0 N–H and O–H groups in total. The molecule has 0 unspecified atom stereocenters. The van der Waals surface area contributed by atoms with E-state index in [0.29, 0.717) is 0 Å². The summed E-state index contributed by atoms with van der Waals surface area (Å²) < 4.78 is 0. The van der Waals surface area contributed by atoms with Crippen LogP contribution in [0.2, 0.25) is 0 Å². The molecule has 0 saturated carbocycles. The van der Waals surface area contributed by atoms with Crippen molar-refractivity contribution in [3.05, 3.63) is 70.8 Å². The zero-order valence-electron chi connectivity index (χ0n) is 18.4. The average molecular weight is 433 g/mol. The summed E-state index contributed by atoms with van der Waals surface area (Å²) in [5.74, 6) is 0. The normalized spacial score (nSPS) is 12.0. The molecule has 158 valence electrons. The van der Waals surface area contributed by atoms with Gasteiger partial charge < -0.3 is 0 Å². The molecule has 3 heteroatoms. The molecule has 0 aliphatic carbocycles. The third kappa shape index (κ3) is 8.11. The van der Waals surface area contributed by atoms with Gasteiger partial charge >= 0.3 is 0 Å². The van der Waals surface area contributed by atoms with Crippen LogP contribution in [0.1, 0.15) is 63.3 Å². The molecular weight excluding hydrogens is 399 g/mol. The van der Waals surface area contributed by atoms with Gasteiger partial charge in [-0.1, -0.05) is 52.8 Å². The van der Waals surface area contributed by atoms with Crippen molar-refractivity contribution >= 4 is 23.3 Å². The van der Waals surface area contributed by atoms with Gasteiger partial charge in [-0.25, -0.2) is 4.99 Å². The Balaban J connectivity index is 0.00000420. The smallest absolute Gasteiger partial charge is 0.0816 e. The van der Waals surface area contributed by atoms with E-state index in [-0.39, 0.29) is 16.5 Å². The quantitative estimate of drug-likeness (QED) is 0.291. The van der Waals surface area contributed by atoms with E-state index in [0.717, 1.165) is 49.2 Å². The topological polar surface area (TPSA) is 24.7 Å². The molecule has 29 heavy (non-hydrogen) atoms. The number of aryl methyl sites for hydroxylation is 4. The average Bonchev–Trinajstić information content (AvgIpc) is 2.74. The van der Waals surface area contributed by atoms with Crippen LogP contribution >= 0.6 is 0 Å². The molecule has 0 aliphatic rings. The first kappa shape index (κ1) is 25.1. The second kappa shape index (κ2) is 13.3. The van der Waals surface area contributed by atoms with Crippen LogP contribution < -0.4 is 0 Å². The van der Waals surface area contributed by atoms with Crippen molar-refractivity contribution < 1.29 is 16.5 Å². The maximum Gasteiger partial charge on any atom is 0.0816 e. The second-order valence-corrected chi connectivity index (χ2v) is 7.04. The van der Waals surface area contributed by atoms with Crippen LogP contribution in [0.15, 0.2) is 58.5 Å². The fraction of sp³-hybridized carbons (Fsp3) is 0.385. The monoisotopic (exact) mass is 432 g/mol. The van der Waals surface area contributed by atoms with Gasteiger partial charge in [-0.05, 0) is 84.7 Å². The van der Waals surface area contributed by atoms with Crippen molar-refractivity contribution in [2.75, 3.05) is 0 Å². The minimum Gasteiger partial charge on any atom is -0.255 e. The zero-order valence-corrected chi connectivity index (χ0v) is 19.4. The maximum atomic E-state index is 4.89. The van der Waals surface area contributed by atoms with Crippen LogP contribution in [0.4, 0.5) is 11.4 Å². The van der Waals surface area contributed by atoms with E-state index in [4.69, 9.17) is 9.98 Å². The Bertz CT molecular complexity index is 819. The minimum absolute atomic E-state index is 0. The molecule has 0 amide bonds. The van der Waals surface area contributed by atoms with Gasteiger partial charge in [0.2, 0.25) is 0 Å². The Morgan fingerprint density at radius 2 is 1.14 bits per heavy atom. The molecule has 0 saturated heterocycles. The predicted octanol–water partition coefficient (Wildman–Crippen LogP) is 7.37. The van der Waals surface area contributed by atoms with Crippen LogP contribution in [0.25, 0.3) is 0 Å². The van der Waals surface area contributed by atoms with E-state index in [1.807, 2.05) is 6.21 Å². The fourth-order valence-corrected chi connectivity index (χ4v) is 3.08. The fourth-order valence-electron chi connectivity index (χ4n) is 3.08. The van der Waals surface area contributed by atoms with Crippen molar-refractivity contribution in [3.63, 3.8) is 0 Å². The van der Waals surface area contributed by atoms with Gasteiger partial charge in [0.25, 0.3) is 0 Å². The van der Waals surface area contributed by atoms with Gasteiger partial charge in [0, 0.05) is 16.5 Å². The number of rotatable bonds is 9. The van der Waals surface area contributed by atoms with E-state index in [9.17, 15) is 0 Å². The third-order valence-corrected chi connectivity index (χ3v) is 4.84. The molecule has 2 aromatic rings. The Labute approximate surface area is 187 Å². The number of hydrogen-bond donors (Lipinski definition) is 0. The van der Waals surface area contributed by atoms with Crippen LogP contribution in [0.3, 0.4) is 0 Å². The number of nitrogens with zero attached hydrogens (tertiary/aromatic N) is 2. The third-order valence-electron chi connectivity index (χ3n) is 4.84. The summed E-state index contributed by atoms with van der Waals surface area (Å²) in [6.45, 7) is 10.9. The number of hydrogen-bond acceptors (Lipinski definition) is 2. The first-order valence-electron chi connectivity index (χ1n) is 10.7. The summed E-state index contributed by atoms with van der Waals surface area (Å²) in [5.41, 5.74) is 8.22. The first-order valence-corrected chi connectivity index (χ1v) is 10.7. The zero-order chi connectivity index (χ0) is 20.4. The van der Waals surface area contributed by atoms with Crippen LogP contribution in [0, 0.1) is 0 Å². The maximum absolute atomic E-state index is 4.89. The van der Waals surface area contributed by atoms with E-state index in [2.05, 4.69) is 83.2 Å². The predicted molar refractivity (Wildman–Crippen MR) is 125 cm³/mol. The molecule has 0 radical (unpaired) electrons. The first-order chi connectivity index (χ1) is 13.6. The van der Waals surface area contributed by atoms with Gasteiger partial charge in [0.1, 0.15) is 0 Å². The molecule has 2 aromatic carbocycles. The van der Waals surface area contributed by atoms with Crippen molar-refractivity contribution in [3.8, 4) is 0 Å². The standard InChI is InChI=1S/C26H34N2.Ni/c1-6-11-12-24(28-26-17-22(9-4)14-23(10-5)18-26)19-27-25-15-20(7-2)13-21(8-3)16-25;/h11-19H,6-10H2,1-5H3;/b12-11+,27-19?,28-24?;. The van der Waals surface area contributed by atoms with Crippen LogP contribution in [-0.4, -0.2) is 11.9 Å². The van der Waals surface area contributed by atoms with E-state index in [1.54, 1.807) is 0 Å². The van der Waals surface area contributed by atoms with Crippen molar-refractivity contribution in [2.45, 2.75) is 66.7 Å². The number of benzene rings is 2. The largest absolute Gasteiger partial charge is 0.255 e. The Morgan fingerprint density at radius 1 is 0.690 bits per heavy atom. The molecule has 0 aliphatic heterocycles. The molecule has 0 atom stereocenters. The van der Waals surface area contributed by atoms with E-state index >= 15 is 0 Å². The molecule has 2 rings (SSSR count). The molecule has 0 heterocycles. The van der Waals surface area contributed by atoms with E-state index in [1.165, 1.54) is 22.3 Å². The molecular formula is C26H34N2Ni. The summed E-state index contributed by atoms with van der Waals surface area (Å²) in [4.78, 5) is 9.65. The van der Waals surface area contributed by atoms with Crippen LogP contribution in [-0.2, 0) is 42.2 Å². The minimum atomic E-state index is 0. The van der Waals surface area contributed by atoms with Gasteiger partial charge in [0.05, 0.1) is 23.3 Å². The SMILES string of the molecule is CC/C=C/C(C=Nc1cc(CC)cc(CC)c1)=Nc1cc(CC)cc(CC)c1.[Ni]. The number of aliphatic imine (C=N–C) groups is 2. The molecule has 0 aromatic heterocycles. The van der Waals surface area contributed by atoms with Crippen LogP contribution in [0.5, 0.6) is 0 Å². The van der Waals surface area contributed by atoms with Gasteiger partial charge in [0.15, 0.2) is 0 Å². The summed E-state index contributed by atoms with van der Waals surface area (Å²) in [5, 5.41) is 0. The summed E-state index contributed by atoms with van der Waals surface area (Å²) in [7, 11) is 0. The van der Waals surface area contributed by atoms with E-state index < -0.39 is 0 Å². The number of allylic oxidation sites excluding steroid dienone is 2.